The number of ether oxygens (including phenoxy) is 3. The van der Waals surface area contributed by atoms with Gasteiger partial charge in [-0.3, -0.25) is 0 Å². The van der Waals surface area contributed by atoms with Crippen molar-refractivity contribution in [1.29, 1.82) is 0 Å². The Morgan fingerprint density at radius 3 is 2.56 bits per heavy atom. The number of amides is 1. The summed E-state index contributed by atoms with van der Waals surface area (Å²) < 4.78 is 15.5. The van der Waals surface area contributed by atoms with E-state index in [0.29, 0.717) is 19.8 Å². The van der Waals surface area contributed by atoms with Gasteiger partial charge in [0.05, 0.1) is 32.4 Å². The Hall–Kier alpha value is -0.850. The Labute approximate surface area is 108 Å². The Kier molecular flexibility index (Phi) is 5.37. The fourth-order valence-electron chi connectivity index (χ4n) is 1.68. The van der Waals surface area contributed by atoms with Crippen molar-refractivity contribution in [2.45, 2.75) is 38.6 Å². The summed E-state index contributed by atoms with van der Waals surface area (Å²) in [6.45, 7) is 6.89. The van der Waals surface area contributed by atoms with Crippen LogP contribution in [0.2, 0.25) is 0 Å². The van der Waals surface area contributed by atoms with Crippen molar-refractivity contribution >= 4 is 6.09 Å². The molecule has 0 saturated carbocycles. The monoisotopic (exact) mass is 261 g/mol. The Balaban J connectivity index is 2.40. The highest BCUT2D eigenvalue weighted by molar-refractivity contribution is 5.68. The molecule has 1 rings (SSSR count). The second-order valence-electron chi connectivity index (χ2n) is 5.35. The molecule has 1 N–H and O–H groups in total. The summed E-state index contributed by atoms with van der Waals surface area (Å²) in [5.41, 5.74) is -0.531. The summed E-state index contributed by atoms with van der Waals surface area (Å²) in [6.07, 6.45) is -1.46. The van der Waals surface area contributed by atoms with Crippen LogP contribution in [0.3, 0.4) is 0 Å². The first-order chi connectivity index (χ1) is 8.33. The molecule has 0 aromatic rings. The number of β-amino-alcohol motifs (C(OH)–C–C–N with tert-alkyl or cyclic N) is 1. The normalized spacial score (nSPS) is 24.4. The third-order valence-electron chi connectivity index (χ3n) is 2.51. The van der Waals surface area contributed by atoms with Crippen LogP contribution < -0.4 is 0 Å². The maximum Gasteiger partial charge on any atom is 0.410 e. The highest BCUT2D eigenvalue weighted by atomic mass is 16.6. The summed E-state index contributed by atoms with van der Waals surface area (Å²) in [7, 11) is 1.58. The number of nitrogens with zero attached hydrogens (tertiary/aromatic N) is 1. The van der Waals surface area contributed by atoms with Gasteiger partial charge in [0, 0.05) is 7.11 Å². The Morgan fingerprint density at radius 2 is 2.00 bits per heavy atom. The van der Waals surface area contributed by atoms with Crippen LogP contribution >= 0.6 is 0 Å². The molecule has 0 bridgehead atoms. The van der Waals surface area contributed by atoms with Crippen LogP contribution in [0.25, 0.3) is 0 Å². The van der Waals surface area contributed by atoms with Gasteiger partial charge in [-0.15, -0.1) is 0 Å². The van der Waals surface area contributed by atoms with Gasteiger partial charge in [0.2, 0.25) is 0 Å². The van der Waals surface area contributed by atoms with Crippen molar-refractivity contribution in [3.63, 3.8) is 0 Å². The number of carbonyl (C=O) groups excluding carboxylic acids is 1. The second-order valence-corrected chi connectivity index (χ2v) is 5.35. The van der Waals surface area contributed by atoms with E-state index in [2.05, 4.69) is 0 Å². The van der Waals surface area contributed by atoms with Gasteiger partial charge in [-0.2, -0.15) is 0 Å². The summed E-state index contributed by atoms with van der Waals surface area (Å²) in [5, 5.41) is 9.79. The molecule has 1 saturated heterocycles. The van der Waals surface area contributed by atoms with E-state index in [1.165, 1.54) is 4.90 Å². The first kappa shape index (κ1) is 15.2. The fraction of sp³-hybridized carbons (Fsp3) is 0.917. The van der Waals surface area contributed by atoms with Crippen molar-refractivity contribution < 1.29 is 24.1 Å². The number of rotatable bonds is 4. The predicted octanol–water partition coefficient (Wildman–Crippen LogP) is 0.630. The van der Waals surface area contributed by atoms with Crippen LogP contribution in [0.4, 0.5) is 4.79 Å². The van der Waals surface area contributed by atoms with Gasteiger partial charge in [0.25, 0.3) is 0 Å². The lowest BCUT2D eigenvalue weighted by Crippen LogP contribution is -2.36. The van der Waals surface area contributed by atoms with Gasteiger partial charge in [-0.05, 0) is 20.8 Å². The maximum atomic E-state index is 11.8. The van der Waals surface area contributed by atoms with Crippen molar-refractivity contribution in [1.82, 2.24) is 4.90 Å². The molecule has 0 radical (unpaired) electrons. The third-order valence-corrected chi connectivity index (χ3v) is 2.51. The molecule has 2 atom stereocenters. The predicted molar refractivity (Wildman–Crippen MR) is 65.4 cm³/mol. The summed E-state index contributed by atoms with van der Waals surface area (Å²) in [6, 6.07) is 0. The van der Waals surface area contributed by atoms with Gasteiger partial charge < -0.3 is 24.2 Å². The van der Waals surface area contributed by atoms with Crippen LogP contribution in [0.1, 0.15) is 20.8 Å². The second kappa shape index (κ2) is 6.36. The first-order valence-electron chi connectivity index (χ1n) is 6.10. The number of hydrogen-bond donors (Lipinski definition) is 1. The van der Waals surface area contributed by atoms with E-state index >= 15 is 0 Å². The molecule has 18 heavy (non-hydrogen) atoms. The smallest absolute Gasteiger partial charge is 0.410 e. The molecule has 2 unspecified atom stereocenters. The molecule has 1 amide bonds. The van der Waals surface area contributed by atoms with Gasteiger partial charge in [-0.25, -0.2) is 4.79 Å². The largest absolute Gasteiger partial charge is 0.444 e. The topological polar surface area (TPSA) is 68.2 Å². The van der Waals surface area contributed by atoms with Crippen LogP contribution in [-0.4, -0.2) is 67.3 Å². The minimum absolute atomic E-state index is 0.243. The molecule has 6 heteroatoms. The summed E-state index contributed by atoms with van der Waals surface area (Å²) >= 11 is 0. The van der Waals surface area contributed by atoms with Gasteiger partial charge in [-0.1, -0.05) is 0 Å². The van der Waals surface area contributed by atoms with Crippen LogP contribution in [0, 0.1) is 0 Å². The third kappa shape index (κ3) is 4.80. The van der Waals surface area contributed by atoms with E-state index < -0.39 is 17.8 Å². The van der Waals surface area contributed by atoms with Crippen molar-refractivity contribution in [2.24, 2.45) is 0 Å². The lowest BCUT2D eigenvalue weighted by molar-refractivity contribution is -0.0272. The summed E-state index contributed by atoms with van der Waals surface area (Å²) in [5.74, 6) is 0. The molecule has 0 aromatic heterocycles. The first-order valence-corrected chi connectivity index (χ1v) is 6.10. The van der Waals surface area contributed by atoms with Crippen molar-refractivity contribution in [3.8, 4) is 0 Å². The average molecular weight is 261 g/mol. The molecule has 106 valence electrons. The average Bonchev–Trinajstić information content (AvgIpc) is 2.58. The van der Waals surface area contributed by atoms with Crippen LogP contribution in [-0.2, 0) is 14.2 Å². The number of carbonyl (C=O) groups is 1. The highest BCUT2D eigenvalue weighted by Gasteiger charge is 2.36. The zero-order valence-corrected chi connectivity index (χ0v) is 11.5. The van der Waals surface area contributed by atoms with E-state index in [9.17, 15) is 9.90 Å². The van der Waals surface area contributed by atoms with Crippen molar-refractivity contribution in [2.75, 3.05) is 33.4 Å². The molecule has 0 aliphatic carbocycles. The molecule has 1 aliphatic rings. The van der Waals surface area contributed by atoms with Gasteiger partial charge in [0.15, 0.2) is 0 Å². The molecular formula is C12H23NO5. The standard InChI is InChI=1S/C12H23NO5/c1-12(2,3)18-11(15)13-7-9(14)10(8-13)17-6-5-16-4/h9-10,14H,5-8H2,1-4H3. The minimum atomic E-state index is -0.672. The molecule has 1 fully saturated rings. The molecule has 1 aliphatic heterocycles. The molecular weight excluding hydrogens is 238 g/mol. The fourth-order valence-corrected chi connectivity index (χ4v) is 1.68. The SMILES string of the molecule is COCCOC1CN(C(=O)OC(C)(C)C)CC1O. The number of aliphatic hydroxyl groups excluding tert-OH is 1. The lowest BCUT2D eigenvalue weighted by Gasteiger charge is -2.24. The number of aliphatic hydroxyl groups is 1. The molecule has 0 spiro atoms. The van der Waals surface area contributed by atoms with Gasteiger partial charge in [0.1, 0.15) is 11.7 Å². The molecule has 0 aromatic carbocycles. The van der Waals surface area contributed by atoms with Crippen molar-refractivity contribution in [3.05, 3.63) is 0 Å². The molecule has 1 heterocycles. The highest BCUT2D eigenvalue weighted by Crippen LogP contribution is 2.17. The zero-order chi connectivity index (χ0) is 13.8. The summed E-state index contributed by atoms with van der Waals surface area (Å²) in [4.78, 5) is 13.3. The number of hydrogen-bond acceptors (Lipinski definition) is 5. The maximum absolute atomic E-state index is 11.8. The Morgan fingerprint density at radius 1 is 1.33 bits per heavy atom. The quantitative estimate of drug-likeness (QED) is 0.752. The minimum Gasteiger partial charge on any atom is -0.444 e. The number of methoxy groups -OCH3 is 1. The van der Waals surface area contributed by atoms with Crippen LogP contribution in [0.15, 0.2) is 0 Å². The van der Waals surface area contributed by atoms with E-state index in [1.807, 2.05) is 20.8 Å². The Bertz CT molecular complexity index is 276. The van der Waals surface area contributed by atoms with E-state index in [-0.39, 0.29) is 12.6 Å². The van der Waals surface area contributed by atoms with E-state index in [1.54, 1.807) is 7.11 Å². The van der Waals surface area contributed by atoms with E-state index in [0.717, 1.165) is 0 Å². The zero-order valence-electron chi connectivity index (χ0n) is 11.5. The molecule has 6 nitrogen and oxygen atoms in total. The number of likely N-dealkylation sites (tertiary alicyclic amines) is 1. The lowest BCUT2D eigenvalue weighted by atomic mass is 10.2. The van der Waals surface area contributed by atoms with E-state index in [4.69, 9.17) is 14.2 Å². The van der Waals surface area contributed by atoms with Gasteiger partial charge >= 0.3 is 6.09 Å². The van der Waals surface area contributed by atoms with Crippen LogP contribution in [0.5, 0.6) is 0 Å².